The standard InChI is InChI=1S/C14H15N7/c1-2-4-12(5-3-1)21-14(16-17-18-21)11-19-8-9-20-7-6-15-13(20)10-19/h1-7H,8-11H2. The molecule has 3 aromatic rings. The number of imidazole rings is 1. The Hall–Kier alpha value is -2.54. The zero-order chi connectivity index (χ0) is 14.1. The van der Waals surface area contributed by atoms with Gasteiger partial charge in [-0.05, 0) is 22.6 Å². The van der Waals surface area contributed by atoms with E-state index >= 15 is 0 Å². The summed E-state index contributed by atoms with van der Waals surface area (Å²) in [5.74, 6) is 1.95. The summed E-state index contributed by atoms with van der Waals surface area (Å²) in [7, 11) is 0. The molecule has 0 aliphatic carbocycles. The largest absolute Gasteiger partial charge is 0.333 e. The average molecular weight is 281 g/mol. The van der Waals surface area contributed by atoms with Crippen molar-refractivity contribution in [1.29, 1.82) is 0 Å². The first-order valence-electron chi connectivity index (χ1n) is 6.95. The fourth-order valence-corrected chi connectivity index (χ4v) is 2.63. The maximum Gasteiger partial charge on any atom is 0.170 e. The lowest BCUT2D eigenvalue weighted by Gasteiger charge is -2.26. The molecule has 7 nitrogen and oxygen atoms in total. The van der Waals surface area contributed by atoms with Crippen molar-refractivity contribution in [2.24, 2.45) is 0 Å². The average Bonchev–Trinajstić information content (AvgIpc) is 3.16. The van der Waals surface area contributed by atoms with Crippen LogP contribution in [-0.4, -0.2) is 41.2 Å². The lowest BCUT2D eigenvalue weighted by atomic mass is 10.3. The molecule has 4 rings (SSSR count). The van der Waals surface area contributed by atoms with Crippen molar-refractivity contribution in [2.75, 3.05) is 6.54 Å². The van der Waals surface area contributed by atoms with E-state index in [-0.39, 0.29) is 0 Å². The van der Waals surface area contributed by atoms with Crippen LogP contribution >= 0.6 is 0 Å². The van der Waals surface area contributed by atoms with Crippen molar-refractivity contribution in [3.63, 3.8) is 0 Å². The third-order valence-electron chi connectivity index (χ3n) is 3.72. The van der Waals surface area contributed by atoms with Gasteiger partial charge in [0.1, 0.15) is 5.82 Å². The van der Waals surface area contributed by atoms with Gasteiger partial charge in [0.2, 0.25) is 0 Å². The second-order valence-electron chi connectivity index (χ2n) is 5.09. The van der Waals surface area contributed by atoms with E-state index in [0.717, 1.165) is 43.5 Å². The number of benzene rings is 1. The lowest BCUT2D eigenvalue weighted by molar-refractivity contribution is 0.202. The minimum atomic E-state index is 0.717. The quantitative estimate of drug-likeness (QED) is 0.713. The van der Waals surface area contributed by atoms with Gasteiger partial charge in [-0.3, -0.25) is 4.90 Å². The van der Waals surface area contributed by atoms with Crippen LogP contribution in [0.3, 0.4) is 0 Å². The highest BCUT2D eigenvalue weighted by Crippen LogP contribution is 2.14. The number of para-hydroxylation sites is 1. The smallest absolute Gasteiger partial charge is 0.170 e. The Morgan fingerprint density at radius 3 is 2.90 bits per heavy atom. The van der Waals surface area contributed by atoms with E-state index in [4.69, 9.17) is 0 Å². The Balaban J connectivity index is 1.55. The van der Waals surface area contributed by atoms with Crippen LogP contribution in [0.5, 0.6) is 0 Å². The van der Waals surface area contributed by atoms with Gasteiger partial charge in [0.15, 0.2) is 5.82 Å². The second kappa shape index (κ2) is 5.10. The van der Waals surface area contributed by atoms with Gasteiger partial charge in [-0.1, -0.05) is 18.2 Å². The van der Waals surface area contributed by atoms with Crippen molar-refractivity contribution >= 4 is 0 Å². The van der Waals surface area contributed by atoms with E-state index < -0.39 is 0 Å². The fraction of sp³-hybridized carbons (Fsp3) is 0.286. The van der Waals surface area contributed by atoms with Gasteiger partial charge in [-0.2, -0.15) is 4.68 Å². The third-order valence-corrected chi connectivity index (χ3v) is 3.72. The molecule has 1 aliphatic heterocycles. The SMILES string of the molecule is c1ccc(-n2nnnc2CN2CCn3ccnc3C2)cc1. The summed E-state index contributed by atoms with van der Waals surface area (Å²) in [5.41, 5.74) is 0.982. The Bertz CT molecular complexity index is 731. The molecule has 0 spiro atoms. The van der Waals surface area contributed by atoms with Crippen LogP contribution in [0, 0.1) is 0 Å². The number of hydrogen-bond acceptors (Lipinski definition) is 5. The molecule has 3 heterocycles. The van der Waals surface area contributed by atoms with E-state index in [1.165, 1.54) is 0 Å². The van der Waals surface area contributed by atoms with Gasteiger partial charge in [-0.15, -0.1) is 5.10 Å². The van der Waals surface area contributed by atoms with Crippen molar-refractivity contribution < 1.29 is 0 Å². The predicted octanol–water partition coefficient (Wildman–Crippen LogP) is 0.875. The summed E-state index contributed by atoms with van der Waals surface area (Å²) in [6.45, 7) is 3.48. The summed E-state index contributed by atoms with van der Waals surface area (Å²) in [4.78, 5) is 6.69. The molecule has 0 fully saturated rings. The van der Waals surface area contributed by atoms with Gasteiger partial charge in [0.25, 0.3) is 0 Å². The van der Waals surface area contributed by atoms with Crippen LogP contribution in [0.1, 0.15) is 11.6 Å². The third kappa shape index (κ3) is 2.31. The van der Waals surface area contributed by atoms with Crippen LogP contribution in [0.2, 0.25) is 0 Å². The zero-order valence-electron chi connectivity index (χ0n) is 11.5. The minimum Gasteiger partial charge on any atom is -0.333 e. The molecule has 0 radical (unpaired) electrons. The first-order chi connectivity index (χ1) is 10.4. The predicted molar refractivity (Wildman–Crippen MR) is 75.5 cm³/mol. The zero-order valence-corrected chi connectivity index (χ0v) is 11.5. The summed E-state index contributed by atoms with van der Waals surface area (Å²) < 4.78 is 3.98. The van der Waals surface area contributed by atoms with Gasteiger partial charge in [-0.25, -0.2) is 4.98 Å². The van der Waals surface area contributed by atoms with Gasteiger partial charge < -0.3 is 4.57 Å². The topological polar surface area (TPSA) is 64.7 Å². The molecule has 7 heteroatoms. The number of aromatic nitrogens is 6. The summed E-state index contributed by atoms with van der Waals surface area (Å²) in [5, 5.41) is 12.1. The molecule has 2 aromatic heterocycles. The number of tetrazole rings is 1. The van der Waals surface area contributed by atoms with E-state index in [2.05, 4.69) is 30.0 Å². The molecule has 106 valence electrons. The minimum absolute atomic E-state index is 0.717. The van der Waals surface area contributed by atoms with Crippen LogP contribution in [0.15, 0.2) is 42.7 Å². The summed E-state index contributed by atoms with van der Waals surface area (Å²) >= 11 is 0. The second-order valence-corrected chi connectivity index (χ2v) is 5.09. The van der Waals surface area contributed by atoms with Gasteiger partial charge in [0, 0.05) is 25.5 Å². The van der Waals surface area contributed by atoms with Crippen LogP contribution in [-0.2, 0) is 19.6 Å². The summed E-state index contributed by atoms with van der Waals surface area (Å²) in [6, 6.07) is 9.96. The highest BCUT2D eigenvalue weighted by atomic mass is 15.5. The Morgan fingerprint density at radius 2 is 2.00 bits per heavy atom. The first kappa shape index (κ1) is 12.2. The van der Waals surface area contributed by atoms with Crippen molar-refractivity contribution in [2.45, 2.75) is 19.6 Å². The highest BCUT2D eigenvalue weighted by molar-refractivity contribution is 5.30. The molecular weight excluding hydrogens is 266 g/mol. The summed E-state index contributed by atoms with van der Waals surface area (Å²) in [6.07, 6.45) is 3.88. The van der Waals surface area contributed by atoms with Crippen LogP contribution in [0.25, 0.3) is 5.69 Å². The molecule has 0 amide bonds. The molecular formula is C14H15N7. The van der Waals surface area contributed by atoms with E-state index in [1.807, 2.05) is 42.7 Å². The first-order valence-corrected chi connectivity index (χ1v) is 6.95. The van der Waals surface area contributed by atoms with Gasteiger partial charge in [0.05, 0.1) is 18.8 Å². The number of hydrogen-bond donors (Lipinski definition) is 0. The molecule has 0 atom stereocenters. The normalized spacial score (nSPS) is 15.0. The monoisotopic (exact) mass is 281 g/mol. The molecule has 1 aromatic carbocycles. The molecule has 0 saturated heterocycles. The highest BCUT2D eigenvalue weighted by Gasteiger charge is 2.19. The maximum absolute atomic E-state index is 4.38. The van der Waals surface area contributed by atoms with Crippen molar-refractivity contribution in [1.82, 2.24) is 34.7 Å². The van der Waals surface area contributed by atoms with Crippen molar-refractivity contribution in [3.8, 4) is 5.69 Å². The molecule has 0 bridgehead atoms. The molecule has 0 N–H and O–H groups in total. The lowest BCUT2D eigenvalue weighted by Crippen LogP contribution is -2.34. The van der Waals surface area contributed by atoms with Crippen molar-refractivity contribution in [3.05, 3.63) is 54.4 Å². The Kier molecular flexibility index (Phi) is 2.97. The number of rotatable bonds is 3. The Morgan fingerprint density at radius 1 is 1.10 bits per heavy atom. The molecule has 21 heavy (non-hydrogen) atoms. The van der Waals surface area contributed by atoms with E-state index in [0.29, 0.717) is 0 Å². The molecule has 1 aliphatic rings. The van der Waals surface area contributed by atoms with Gasteiger partial charge >= 0.3 is 0 Å². The van der Waals surface area contributed by atoms with E-state index in [1.54, 1.807) is 4.68 Å². The molecule has 0 unspecified atom stereocenters. The number of fused-ring (bicyclic) bond motifs is 1. The molecule has 0 saturated carbocycles. The van der Waals surface area contributed by atoms with E-state index in [9.17, 15) is 0 Å². The van der Waals surface area contributed by atoms with Crippen LogP contribution < -0.4 is 0 Å². The Labute approximate surface area is 121 Å². The van der Waals surface area contributed by atoms with Crippen LogP contribution in [0.4, 0.5) is 0 Å². The number of nitrogens with zero attached hydrogens (tertiary/aromatic N) is 7. The fourth-order valence-electron chi connectivity index (χ4n) is 2.63. The maximum atomic E-state index is 4.38.